The molecular weight excluding hydrogens is 532 g/mol. The number of fused-ring (bicyclic) bond motifs is 4. The monoisotopic (exact) mass is 590 g/mol. The van der Waals surface area contributed by atoms with Crippen LogP contribution in [-0.4, -0.2) is 70.3 Å². The second-order valence-corrected chi connectivity index (χ2v) is 17.0. The second-order valence-electron chi connectivity index (χ2n) is 11.4. The molecule has 4 saturated carbocycles. The number of Topliss-reactive ketones (excluding diaryl/α,β-unsaturated/α-hetero) is 2. The van der Waals surface area contributed by atoms with Crippen molar-refractivity contribution in [2.45, 2.75) is 99.1 Å². The van der Waals surface area contributed by atoms with E-state index >= 15 is 0 Å². The molecule has 0 heterocycles. The number of rotatable bonds is 11. The van der Waals surface area contributed by atoms with Gasteiger partial charge in [-0.1, -0.05) is 12.8 Å². The molecule has 4 fully saturated rings. The first kappa shape index (κ1) is 36.6. The minimum Gasteiger partial charge on any atom is -0.377 e. The van der Waals surface area contributed by atoms with Crippen LogP contribution in [0.25, 0.3) is 0 Å². The van der Waals surface area contributed by atoms with Crippen molar-refractivity contribution in [1.29, 1.82) is 0 Å². The lowest BCUT2D eigenvalue weighted by Gasteiger charge is -2.23. The summed E-state index contributed by atoms with van der Waals surface area (Å²) in [5, 5.41) is 0. The molecule has 0 amide bonds. The largest absolute Gasteiger partial charge is 0.497 e. The van der Waals surface area contributed by atoms with Gasteiger partial charge in [-0.05, 0) is 96.8 Å². The number of ketones is 2. The highest BCUT2D eigenvalue weighted by Gasteiger charge is 2.42. The molecule has 39 heavy (non-hydrogen) atoms. The standard InChI is InChI=1S/2C9H14O.C7H18O3Si.C4H12O3Si/c2*1-6(10)9-5-7-2-3-8(9)4-7;1-5-8-11(4,9-6-2)10-7-3;1-5-8(4,6-2)7-3/h2*7-9H,2-5H2,1H3;5-7H2,1-4H3;1-4H3. The molecule has 0 spiro atoms. The van der Waals surface area contributed by atoms with Gasteiger partial charge in [0.25, 0.3) is 0 Å². The van der Waals surface area contributed by atoms with Gasteiger partial charge < -0.3 is 26.6 Å². The number of carbonyl (C=O) groups is 2. The molecule has 0 aliphatic heterocycles. The van der Waals surface area contributed by atoms with Crippen LogP contribution >= 0.6 is 0 Å². The summed E-state index contributed by atoms with van der Waals surface area (Å²) in [6.45, 7) is 15.1. The highest BCUT2D eigenvalue weighted by atomic mass is 28.4. The first-order valence-electron chi connectivity index (χ1n) is 15.0. The van der Waals surface area contributed by atoms with Gasteiger partial charge in [-0.2, -0.15) is 0 Å². The Morgan fingerprint density at radius 2 is 0.923 bits per heavy atom. The first-order chi connectivity index (χ1) is 18.4. The van der Waals surface area contributed by atoms with Gasteiger partial charge >= 0.3 is 17.6 Å². The van der Waals surface area contributed by atoms with Crippen molar-refractivity contribution < 1.29 is 36.1 Å². The molecule has 0 aromatic carbocycles. The summed E-state index contributed by atoms with van der Waals surface area (Å²) in [4.78, 5) is 22.1. The third-order valence-electron chi connectivity index (χ3n) is 8.85. The summed E-state index contributed by atoms with van der Waals surface area (Å²) >= 11 is 0. The normalized spacial score (nSPS) is 28.6. The lowest BCUT2D eigenvalue weighted by atomic mass is 9.86. The van der Waals surface area contributed by atoms with Gasteiger partial charge in [-0.3, -0.25) is 9.59 Å². The maximum absolute atomic E-state index is 11.0. The van der Waals surface area contributed by atoms with E-state index in [1.807, 2.05) is 33.9 Å². The van der Waals surface area contributed by atoms with Crippen LogP contribution in [0.5, 0.6) is 0 Å². The van der Waals surface area contributed by atoms with Crippen molar-refractivity contribution in [1.82, 2.24) is 0 Å². The van der Waals surface area contributed by atoms with E-state index in [1.54, 1.807) is 35.2 Å². The van der Waals surface area contributed by atoms with Gasteiger partial charge in [0.2, 0.25) is 0 Å². The average Bonchev–Trinajstić information content (AvgIpc) is 3.72. The number of hydrogen-bond donors (Lipinski definition) is 0. The Kier molecular flexibility index (Phi) is 17.0. The van der Waals surface area contributed by atoms with E-state index in [4.69, 9.17) is 26.6 Å². The molecule has 6 unspecified atom stereocenters. The van der Waals surface area contributed by atoms with Crippen molar-refractivity contribution in [3.8, 4) is 0 Å². The van der Waals surface area contributed by atoms with E-state index in [2.05, 4.69) is 0 Å². The summed E-state index contributed by atoms with van der Waals surface area (Å²) in [6.07, 6.45) is 10.6. The molecule has 4 aliphatic rings. The molecule has 0 saturated heterocycles. The first-order valence-corrected chi connectivity index (χ1v) is 19.4. The molecule has 4 rings (SSSR count). The van der Waals surface area contributed by atoms with E-state index in [0.29, 0.717) is 43.2 Å². The van der Waals surface area contributed by atoms with Gasteiger partial charge in [-0.25, -0.2) is 0 Å². The van der Waals surface area contributed by atoms with Crippen molar-refractivity contribution in [2.75, 3.05) is 41.2 Å². The van der Waals surface area contributed by atoms with Crippen molar-refractivity contribution in [2.24, 2.45) is 35.5 Å². The topological polar surface area (TPSA) is 89.5 Å². The maximum atomic E-state index is 11.0. The summed E-state index contributed by atoms with van der Waals surface area (Å²) in [5.74, 6) is 5.18. The van der Waals surface area contributed by atoms with E-state index in [-0.39, 0.29) is 0 Å². The highest BCUT2D eigenvalue weighted by Crippen LogP contribution is 2.49. The predicted molar refractivity (Wildman–Crippen MR) is 158 cm³/mol. The Hall–Kier alpha value is -0.466. The smallest absolute Gasteiger partial charge is 0.377 e. The fourth-order valence-electron chi connectivity index (χ4n) is 6.65. The molecule has 0 aromatic rings. The lowest BCUT2D eigenvalue weighted by molar-refractivity contribution is -0.123. The number of carbonyl (C=O) groups excluding carboxylic acids is 2. The minimum absolute atomic E-state index is 0.437. The summed E-state index contributed by atoms with van der Waals surface area (Å²) in [7, 11) is 0.327. The van der Waals surface area contributed by atoms with Crippen LogP contribution < -0.4 is 0 Å². The zero-order valence-corrected chi connectivity index (χ0v) is 28.5. The molecule has 4 aliphatic carbocycles. The lowest BCUT2D eigenvalue weighted by Crippen LogP contribution is -2.42. The van der Waals surface area contributed by atoms with Gasteiger partial charge in [-0.15, -0.1) is 0 Å². The fourth-order valence-corrected chi connectivity index (χ4v) is 8.97. The van der Waals surface area contributed by atoms with Crippen LogP contribution in [0.1, 0.15) is 86.0 Å². The molecule has 4 bridgehead atoms. The Morgan fingerprint density at radius 3 is 1.05 bits per heavy atom. The SMILES string of the molecule is CC(=O)C1CC2CCC1C2.CC(=O)C1CC2CCC1C2.CCO[Si](C)(OCC)OCC.CO[Si](C)(OC)OC. The molecule has 0 N–H and O–H groups in total. The van der Waals surface area contributed by atoms with Crippen molar-refractivity contribution in [3.05, 3.63) is 0 Å². The maximum Gasteiger partial charge on any atom is 0.497 e. The van der Waals surface area contributed by atoms with Crippen LogP contribution in [0, 0.1) is 35.5 Å². The quantitative estimate of drug-likeness (QED) is 0.264. The Balaban J connectivity index is 0.000000262. The summed E-state index contributed by atoms with van der Waals surface area (Å²) in [5.41, 5.74) is 0. The molecule has 8 nitrogen and oxygen atoms in total. The summed E-state index contributed by atoms with van der Waals surface area (Å²) in [6, 6.07) is 0. The Labute approximate surface area is 240 Å². The Morgan fingerprint density at radius 1 is 0.590 bits per heavy atom. The van der Waals surface area contributed by atoms with Gasteiger partial charge in [0.05, 0.1) is 0 Å². The molecular formula is C29H58O8Si2. The Bertz CT molecular complexity index is 654. The van der Waals surface area contributed by atoms with Crippen LogP contribution in [-0.2, 0) is 36.1 Å². The van der Waals surface area contributed by atoms with Crippen LogP contribution in [0.3, 0.4) is 0 Å². The summed E-state index contributed by atoms with van der Waals surface area (Å²) < 4.78 is 31.0. The van der Waals surface area contributed by atoms with Gasteiger partial charge in [0, 0.05) is 66.1 Å². The zero-order valence-electron chi connectivity index (χ0n) is 26.5. The fraction of sp³-hybridized carbons (Fsp3) is 0.931. The highest BCUT2D eigenvalue weighted by molar-refractivity contribution is 6.59. The zero-order chi connectivity index (χ0) is 29.6. The van der Waals surface area contributed by atoms with E-state index in [1.165, 1.54) is 51.4 Å². The predicted octanol–water partition coefficient (Wildman–Crippen LogP) is 6.18. The molecule has 0 aromatic heterocycles. The third-order valence-corrected chi connectivity index (χ3v) is 13.5. The van der Waals surface area contributed by atoms with Crippen LogP contribution in [0.2, 0.25) is 13.1 Å². The van der Waals surface area contributed by atoms with Gasteiger partial charge in [0.1, 0.15) is 11.6 Å². The number of hydrogen-bond acceptors (Lipinski definition) is 8. The molecule has 0 radical (unpaired) electrons. The molecule has 10 heteroatoms. The van der Waals surface area contributed by atoms with Crippen molar-refractivity contribution >= 4 is 29.2 Å². The van der Waals surface area contributed by atoms with Crippen molar-refractivity contribution in [3.63, 3.8) is 0 Å². The third kappa shape index (κ3) is 12.1. The second kappa shape index (κ2) is 18.2. The van der Waals surface area contributed by atoms with Crippen LogP contribution in [0.4, 0.5) is 0 Å². The van der Waals surface area contributed by atoms with Crippen LogP contribution in [0.15, 0.2) is 0 Å². The minimum atomic E-state index is -2.25. The van der Waals surface area contributed by atoms with E-state index < -0.39 is 17.6 Å². The average molecular weight is 591 g/mol. The molecule has 230 valence electrons. The van der Waals surface area contributed by atoms with E-state index in [0.717, 1.165) is 23.7 Å². The molecule has 6 atom stereocenters. The van der Waals surface area contributed by atoms with E-state index in [9.17, 15) is 9.59 Å². The van der Waals surface area contributed by atoms with Gasteiger partial charge in [0.15, 0.2) is 0 Å².